The average Bonchev–Trinajstić information content (AvgIpc) is 2.99. The van der Waals surface area contributed by atoms with Gasteiger partial charge in [-0.15, -0.1) is 0 Å². The van der Waals surface area contributed by atoms with Crippen LogP contribution in [0.2, 0.25) is 0 Å². The molecule has 1 aliphatic rings. The SMILES string of the molecule is CCc1ccc(CN)cc1S(=O)(=O)N(C)C1CCCC1. The number of hydrogen-bond donors (Lipinski definition) is 1. The molecule has 0 aliphatic heterocycles. The van der Waals surface area contributed by atoms with Crippen molar-refractivity contribution in [2.24, 2.45) is 5.73 Å². The molecule has 1 aromatic carbocycles. The van der Waals surface area contributed by atoms with Crippen LogP contribution in [0.4, 0.5) is 0 Å². The van der Waals surface area contributed by atoms with E-state index in [0.717, 1.165) is 36.8 Å². The van der Waals surface area contributed by atoms with Gasteiger partial charge >= 0.3 is 0 Å². The van der Waals surface area contributed by atoms with Crippen molar-refractivity contribution in [1.29, 1.82) is 0 Å². The Morgan fingerprint density at radius 3 is 2.50 bits per heavy atom. The van der Waals surface area contributed by atoms with Crippen molar-refractivity contribution in [3.05, 3.63) is 29.3 Å². The molecule has 0 saturated heterocycles. The minimum atomic E-state index is -3.42. The molecule has 1 aliphatic carbocycles. The molecule has 112 valence electrons. The molecule has 4 nitrogen and oxygen atoms in total. The standard InChI is InChI=1S/C15H24N2O2S/c1-3-13-9-8-12(11-16)10-15(13)20(18,19)17(2)14-6-4-5-7-14/h8-10,14H,3-7,11,16H2,1-2H3. The van der Waals surface area contributed by atoms with Gasteiger partial charge in [0.15, 0.2) is 0 Å². The molecule has 0 aromatic heterocycles. The van der Waals surface area contributed by atoms with Gasteiger partial charge in [-0.1, -0.05) is 31.9 Å². The number of rotatable bonds is 5. The summed E-state index contributed by atoms with van der Waals surface area (Å²) in [6.45, 7) is 2.34. The van der Waals surface area contributed by atoms with Crippen LogP contribution >= 0.6 is 0 Å². The first-order valence-corrected chi connectivity index (χ1v) is 8.74. The van der Waals surface area contributed by atoms with Crippen LogP contribution in [0.25, 0.3) is 0 Å². The molecule has 0 heterocycles. The Morgan fingerprint density at radius 1 is 1.30 bits per heavy atom. The van der Waals surface area contributed by atoms with Crippen LogP contribution in [-0.2, 0) is 23.0 Å². The van der Waals surface area contributed by atoms with Crippen LogP contribution < -0.4 is 5.73 Å². The third-order valence-electron chi connectivity index (χ3n) is 4.24. The zero-order chi connectivity index (χ0) is 14.8. The lowest BCUT2D eigenvalue weighted by Gasteiger charge is -2.25. The van der Waals surface area contributed by atoms with Crippen molar-refractivity contribution in [2.45, 2.75) is 56.5 Å². The van der Waals surface area contributed by atoms with E-state index in [0.29, 0.717) is 17.9 Å². The van der Waals surface area contributed by atoms with Crippen LogP contribution in [0.1, 0.15) is 43.7 Å². The molecule has 0 bridgehead atoms. The normalized spacial score (nSPS) is 17.0. The number of hydrogen-bond acceptors (Lipinski definition) is 3. The van der Waals surface area contributed by atoms with E-state index in [1.807, 2.05) is 19.1 Å². The van der Waals surface area contributed by atoms with Gasteiger partial charge in [-0.05, 0) is 36.5 Å². The Kier molecular flexibility index (Phi) is 4.83. The highest BCUT2D eigenvalue weighted by Gasteiger charge is 2.31. The van der Waals surface area contributed by atoms with Gasteiger partial charge in [0.2, 0.25) is 10.0 Å². The Labute approximate surface area is 122 Å². The van der Waals surface area contributed by atoms with E-state index in [4.69, 9.17) is 5.73 Å². The van der Waals surface area contributed by atoms with Gasteiger partial charge in [-0.25, -0.2) is 8.42 Å². The maximum absolute atomic E-state index is 12.9. The van der Waals surface area contributed by atoms with Crippen LogP contribution in [0.3, 0.4) is 0 Å². The van der Waals surface area contributed by atoms with E-state index >= 15 is 0 Å². The van der Waals surface area contributed by atoms with Gasteiger partial charge in [-0.2, -0.15) is 4.31 Å². The summed E-state index contributed by atoms with van der Waals surface area (Å²) in [5.41, 5.74) is 7.37. The van der Waals surface area contributed by atoms with Crippen molar-refractivity contribution < 1.29 is 8.42 Å². The van der Waals surface area contributed by atoms with Crippen molar-refractivity contribution in [3.8, 4) is 0 Å². The molecule has 1 fully saturated rings. The molecular weight excluding hydrogens is 272 g/mol. The second kappa shape index (κ2) is 6.24. The van der Waals surface area contributed by atoms with Crippen LogP contribution in [0.15, 0.2) is 23.1 Å². The van der Waals surface area contributed by atoms with E-state index in [-0.39, 0.29) is 6.04 Å². The zero-order valence-corrected chi connectivity index (χ0v) is 13.1. The Morgan fingerprint density at radius 2 is 1.95 bits per heavy atom. The summed E-state index contributed by atoms with van der Waals surface area (Å²) in [7, 11) is -1.71. The smallest absolute Gasteiger partial charge is 0.243 e. The second-order valence-corrected chi connectivity index (χ2v) is 7.43. The molecule has 0 unspecified atom stereocenters. The number of aryl methyl sites for hydroxylation is 1. The summed E-state index contributed by atoms with van der Waals surface area (Å²) in [6.07, 6.45) is 4.88. The summed E-state index contributed by atoms with van der Waals surface area (Å²) >= 11 is 0. The van der Waals surface area contributed by atoms with Gasteiger partial charge in [0.25, 0.3) is 0 Å². The van der Waals surface area contributed by atoms with Crippen molar-refractivity contribution in [1.82, 2.24) is 4.31 Å². The Balaban J connectivity index is 2.41. The molecule has 1 saturated carbocycles. The van der Waals surface area contributed by atoms with Crippen LogP contribution in [0, 0.1) is 0 Å². The number of sulfonamides is 1. The summed E-state index contributed by atoms with van der Waals surface area (Å²) in [4.78, 5) is 0.428. The fourth-order valence-electron chi connectivity index (χ4n) is 2.88. The summed E-state index contributed by atoms with van der Waals surface area (Å²) in [5.74, 6) is 0. The highest BCUT2D eigenvalue weighted by Crippen LogP contribution is 2.29. The van der Waals surface area contributed by atoms with Gasteiger partial charge in [0.05, 0.1) is 4.90 Å². The molecule has 1 aromatic rings. The molecule has 0 radical (unpaired) electrons. The number of nitrogens with zero attached hydrogens (tertiary/aromatic N) is 1. The first-order chi connectivity index (χ1) is 9.50. The van der Waals surface area contributed by atoms with Gasteiger partial charge in [0, 0.05) is 19.6 Å². The lowest BCUT2D eigenvalue weighted by Crippen LogP contribution is -2.35. The van der Waals surface area contributed by atoms with E-state index in [1.54, 1.807) is 17.4 Å². The van der Waals surface area contributed by atoms with Gasteiger partial charge in [0.1, 0.15) is 0 Å². The lowest BCUT2D eigenvalue weighted by atomic mass is 10.1. The van der Waals surface area contributed by atoms with Crippen LogP contribution in [0.5, 0.6) is 0 Å². The van der Waals surface area contributed by atoms with E-state index < -0.39 is 10.0 Å². The largest absolute Gasteiger partial charge is 0.326 e. The third kappa shape index (κ3) is 2.90. The van der Waals surface area contributed by atoms with E-state index in [9.17, 15) is 8.42 Å². The molecule has 20 heavy (non-hydrogen) atoms. The van der Waals surface area contributed by atoms with Gasteiger partial charge in [-0.3, -0.25) is 0 Å². The molecule has 0 spiro atoms. The summed E-state index contributed by atoms with van der Waals surface area (Å²) < 4.78 is 27.3. The van der Waals surface area contributed by atoms with Crippen molar-refractivity contribution >= 4 is 10.0 Å². The summed E-state index contributed by atoms with van der Waals surface area (Å²) in [6, 6.07) is 5.68. The molecule has 0 atom stereocenters. The fourth-order valence-corrected chi connectivity index (χ4v) is 4.63. The van der Waals surface area contributed by atoms with E-state index in [2.05, 4.69) is 0 Å². The maximum atomic E-state index is 12.9. The third-order valence-corrected chi connectivity index (χ3v) is 6.24. The molecule has 5 heteroatoms. The molecule has 2 N–H and O–H groups in total. The molecule has 0 amide bonds. The highest BCUT2D eigenvalue weighted by atomic mass is 32.2. The molecular formula is C15H24N2O2S. The minimum absolute atomic E-state index is 0.145. The first kappa shape index (κ1) is 15.5. The fraction of sp³-hybridized carbons (Fsp3) is 0.600. The zero-order valence-electron chi connectivity index (χ0n) is 12.3. The Bertz CT molecular complexity index is 563. The first-order valence-electron chi connectivity index (χ1n) is 7.30. The monoisotopic (exact) mass is 296 g/mol. The molecule has 2 rings (SSSR count). The summed E-state index contributed by atoms with van der Waals surface area (Å²) in [5, 5.41) is 0. The average molecular weight is 296 g/mol. The quantitative estimate of drug-likeness (QED) is 0.906. The van der Waals surface area contributed by atoms with Gasteiger partial charge < -0.3 is 5.73 Å². The van der Waals surface area contributed by atoms with E-state index in [1.165, 1.54) is 0 Å². The van der Waals surface area contributed by atoms with Crippen LogP contribution in [-0.4, -0.2) is 25.8 Å². The second-order valence-electron chi connectivity index (χ2n) is 5.46. The van der Waals surface area contributed by atoms with Crippen molar-refractivity contribution in [3.63, 3.8) is 0 Å². The predicted octanol–water partition coefficient (Wildman–Crippen LogP) is 2.27. The predicted molar refractivity (Wildman–Crippen MR) is 80.9 cm³/mol. The lowest BCUT2D eigenvalue weighted by molar-refractivity contribution is 0.372. The maximum Gasteiger partial charge on any atom is 0.243 e. The van der Waals surface area contributed by atoms with Crippen molar-refractivity contribution in [2.75, 3.05) is 7.05 Å². The minimum Gasteiger partial charge on any atom is -0.326 e. The number of nitrogens with two attached hydrogens (primary N) is 1. The Hall–Kier alpha value is -0.910. The number of benzene rings is 1. The topological polar surface area (TPSA) is 63.4 Å². The highest BCUT2D eigenvalue weighted by molar-refractivity contribution is 7.89.